The van der Waals surface area contributed by atoms with Gasteiger partial charge >= 0.3 is 0 Å². The molecule has 1 amide bonds. The van der Waals surface area contributed by atoms with Crippen molar-refractivity contribution in [3.05, 3.63) is 35.4 Å². The molecule has 0 spiro atoms. The Morgan fingerprint density at radius 2 is 2.00 bits per heavy atom. The minimum absolute atomic E-state index is 0.136. The van der Waals surface area contributed by atoms with E-state index in [0.29, 0.717) is 17.5 Å². The summed E-state index contributed by atoms with van der Waals surface area (Å²) in [6.07, 6.45) is 2.07. The predicted octanol–water partition coefficient (Wildman–Crippen LogP) is 3.48. The van der Waals surface area contributed by atoms with Gasteiger partial charge in [-0.2, -0.15) is 0 Å². The number of rotatable bonds is 5. The molecule has 3 N–H and O–H groups in total. The van der Waals surface area contributed by atoms with E-state index in [0.717, 1.165) is 54.8 Å². The highest BCUT2D eigenvalue weighted by molar-refractivity contribution is 6.09. The lowest BCUT2D eigenvalue weighted by atomic mass is 10.0. The lowest BCUT2D eigenvalue weighted by molar-refractivity contribution is 0.0977. The number of aryl methyl sites for hydroxylation is 1. The van der Waals surface area contributed by atoms with E-state index in [4.69, 9.17) is 10.4 Å². The maximum absolute atomic E-state index is 12.8. The molecule has 2 aromatic rings. The van der Waals surface area contributed by atoms with Gasteiger partial charge in [-0.3, -0.25) is 10.2 Å². The molecule has 3 rings (SSSR count). The molecule has 0 unspecified atom stereocenters. The molecule has 0 saturated carbocycles. The minimum atomic E-state index is -0.265. The summed E-state index contributed by atoms with van der Waals surface area (Å²) in [7, 11) is 0. The number of fused-ring (bicyclic) bond motifs is 1. The number of hydrogen-bond donors (Lipinski definition) is 3. The van der Waals surface area contributed by atoms with Crippen molar-refractivity contribution in [3.8, 4) is 0 Å². The highest BCUT2D eigenvalue weighted by Gasteiger charge is 2.25. The van der Waals surface area contributed by atoms with Crippen molar-refractivity contribution in [1.82, 2.24) is 15.6 Å². The van der Waals surface area contributed by atoms with Crippen LogP contribution < -0.4 is 15.5 Å². The van der Waals surface area contributed by atoms with Crippen molar-refractivity contribution in [1.29, 1.82) is 5.41 Å². The van der Waals surface area contributed by atoms with Gasteiger partial charge in [-0.05, 0) is 57.4 Å². The number of piperidine rings is 1. The number of benzene rings is 1. The van der Waals surface area contributed by atoms with Crippen LogP contribution in [-0.2, 0) is 0 Å². The second-order valence-corrected chi connectivity index (χ2v) is 8.20. The summed E-state index contributed by atoms with van der Waals surface area (Å²) in [5, 5.41) is 14.8. The third kappa shape index (κ3) is 4.87. The Hall–Kier alpha value is -2.47. The lowest BCUT2D eigenvalue weighted by Gasteiger charge is -2.34. The van der Waals surface area contributed by atoms with E-state index < -0.39 is 0 Å². The van der Waals surface area contributed by atoms with Crippen molar-refractivity contribution < 1.29 is 4.79 Å². The fourth-order valence-electron chi connectivity index (χ4n) is 3.63. The van der Waals surface area contributed by atoms with Crippen LogP contribution in [0.15, 0.2) is 24.3 Å². The number of nitrogens with one attached hydrogen (secondary N) is 3. The molecular formula is C22H31N5O. The maximum atomic E-state index is 12.8. The maximum Gasteiger partial charge on any atom is 0.260 e. The molecular weight excluding hydrogens is 350 g/mol. The molecule has 0 bridgehead atoms. The van der Waals surface area contributed by atoms with Gasteiger partial charge in [-0.15, -0.1) is 0 Å². The predicted molar refractivity (Wildman–Crippen MR) is 115 cm³/mol. The monoisotopic (exact) mass is 381 g/mol. The molecule has 1 aliphatic rings. The van der Waals surface area contributed by atoms with Crippen LogP contribution in [0.25, 0.3) is 10.9 Å². The highest BCUT2D eigenvalue weighted by Crippen LogP contribution is 2.27. The second-order valence-electron chi connectivity index (χ2n) is 8.20. The summed E-state index contributed by atoms with van der Waals surface area (Å²) in [5.74, 6) is 1.23. The first-order valence-electron chi connectivity index (χ1n) is 10.1. The van der Waals surface area contributed by atoms with Crippen LogP contribution in [0, 0.1) is 18.3 Å². The van der Waals surface area contributed by atoms with Gasteiger partial charge in [-0.25, -0.2) is 4.98 Å². The smallest absolute Gasteiger partial charge is 0.260 e. The molecule has 2 heterocycles. The average molecular weight is 382 g/mol. The van der Waals surface area contributed by atoms with E-state index in [-0.39, 0.29) is 11.7 Å². The fourth-order valence-corrected chi connectivity index (χ4v) is 3.63. The first-order chi connectivity index (χ1) is 13.3. The Bertz CT molecular complexity index is 869. The highest BCUT2D eigenvalue weighted by atomic mass is 16.1. The minimum Gasteiger partial charge on any atom is -0.356 e. The van der Waals surface area contributed by atoms with Gasteiger partial charge in [0, 0.05) is 24.5 Å². The number of amides is 1. The summed E-state index contributed by atoms with van der Waals surface area (Å²) >= 11 is 0. The summed E-state index contributed by atoms with van der Waals surface area (Å²) in [4.78, 5) is 19.8. The topological polar surface area (TPSA) is 81.1 Å². The van der Waals surface area contributed by atoms with Crippen LogP contribution in [0.1, 0.15) is 49.5 Å². The standard InChI is InChI=1S/C22H31N5O/c1-14(2)13-24-18-7-9-27(10-8-18)21-19(22(28)25-16(4)23)12-17-11-15(3)5-6-20(17)26-21/h5-6,11-12,14,18,24H,7-10,13H2,1-4H3,(H2,23,25,28). The van der Waals surface area contributed by atoms with E-state index in [2.05, 4.69) is 29.4 Å². The fraction of sp³-hybridized carbons (Fsp3) is 0.500. The molecule has 0 atom stereocenters. The average Bonchev–Trinajstić information content (AvgIpc) is 2.65. The van der Waals surface area contributed by atoms with E-state index in [1.807, 2.05) is 31.2 Å². The molecule has 1 aromatic heterocycles. The first-order valence-corrected chi connectivity index (χ1v) is 10.1. The second kappa shape index (κ2) is 8.69. The van der Waals surface area contributed by atoms with Crippen LogP contribution in [0.3, 0.4) is 0 Å². The van der Waals surface area contributed by atoms with Crippen LogP contribution in [0.2, 0.25) is 0 Å². The third-order valence-corrected chi connectivity index (χ3v) is 5.11. The van der Waals surface area contributed by atoms with Crippen molar-refractivity contribution in [2.24, 2.45) is 5.92 Å². The zero-order valence-corrected chi connectivity index (χ0v) is 17.3. The number of amidine groups is 1. The molecule has 0 radical (unpaired) electrons. The van der Waals surface area contributed by atoms with Crippen LogP contribution in [0.5, 0.6) is 0 Å². The Morgan fingerprint density at radius 1 is 1.29 bits per heavy atom. The largest absolute Gasteiger partial charge is 0.356 e. The van der Waals surface area contributed by atoms with Gasteiger partial charge in [0.2, 0.25) is 0 Å². The normalized spacial score (nSPS) is 15.2. The molecule has 6 nitrogen and oxygen atoms in total. The van der Waals surface area contributed by atoms with Crippen molar-refractivity contribution >= 4 is 28.5 Å². The number of hydrogen-bond acceptors (Lipinski definition) is 5. The summed E-state index contributed by atoms with van der Waals surface area (Å²) in [5.41, 5.74) is 2.57. The van der Waals surface area contributed by atoms with E-state index >= 15 is 0 Å². The van der Waals surface area contributed by atoms with Gasteiger partial charge in [-0.1, -0.05) is 25.5 Å². The van der Waals surface area contributed by atoms with Crippen LogP contribution >= 0.6 is 0 Å². The molecule has 0 aliphatic carbocycles. The Morgan fingerprint density at radius 3 is 2.64 bits per heavy atom. The lowest BCUT2D eigenvalue weighted by Crippen LogP contribution is -2.44. The number of nitrogens with zero attached hydrogens (tertiary/aromatic N) is 2. The van der Waals surface area contributed by atoms with Gasteiger partial charge in [0.1, 0.15) is 5.82 Å². The number of anilines is 1. The Balaban J connectivity index is 1.87. The number of aromatic nitrogens is 1. The SMILES string of the molecule is CC(=N)NC(=O)c1cc2cc(C)ccc2nc1N1CCC(NCC(C)C)CC1. The van der Waals surface area contributed by atoms with Crippen molar-refractivity contribution in [2.45, 2.75) is 46.6 Å². The number of carbonyl (C=O) groups excluding carboxylic acids is 1. The van der Waals surface area contributed by atoms with E-state index in [1.165, 1.54) is 0 Å². The summed E-state index contributed by atoms with van der Waals surface area (Å²) < 4.78 is 0. The van der Waals surface area contributed by atoms with Crippen molar-refractivity contribution in [3.63, 3.8) is 0 Å². The third-order valence-electron chi connectivity index (χ3n) is 5.11. The van der Waals surface area contributed by atoms with Gasteiger partial charge < -0.3 is 15.5 Å². The summed E-state index contributed by atoms with van der Waals surface area (Å²) in [6, 6.07) is 8.52. The zero-order valence-electron chi connectivity index (χ0n) is 17.3. The first kappa shape index (κ1) is 20.3. The van der Waals surface area contributed by atoms with E-state index in [1.54, 1.807) is 6.92 Å². The van der Waals surface area contributed by atoms with E-state index in [9.17, 15) is 4.79 Å². The number of carbonyl (C=O) groups is 1. The zero-order chi connectivity index (χ0) is 20.3. The van der Waals surface area contributed by atoms with Crippen LogP contribution in [-0.4, -0.2) is 42.4 Å². The van der Waals surface area contributed by atoms with Crippen LogP contribution in [0.4, 0.5) is 5.82 Å². The van der Waals surface area contributed by atoms with Gasteiger partial charge in [0.05, 0.1) is 16.9 Å². The summed E-state index contributed by atoms with van der Waals surface area (Å²) in [6.45, 7) is 10.8. The van der Waals surface area contributed by atoms with Gasteiger partial charge in [0.25, 0.3) is 5.91 Å². The van der Waals surface area contributed by atoms with Gasteiger partial charge in [0.15, 0.2) is 0 Å². The molecule has 1 aromatic carbocycles. The molecule has 1 aliphatic heterocycles. The van der Waals surface area contributed by atoms with Crippen molar-refractivity contribution in [2.75, 3.05) is 24.5 Å². The molecule has 1 fully saturated rings. The Labute approximate surface area is 167 Å². The molecule has 6 heteroatoms. The molecule has 28 heavy (non-hydrogen) atoms. The molecule has 1 saturated heterocycles. The molecule has 150 valence electrons. The number of pyridine rings is 1. The quantitative estimate of drug-likeness (QED) is 0.547. The Kier molecular flexibility index (Phi) is 6.29.